The molecule has 1 N–H and O–H groups in total. The molecule has 2 aromatic carbocycles. The number of ether oxygens (including phenoxy) is 1. The third kappa shape index (κ3) is 6.25. The number of carbonyl (C=O) groups is 2. The normalized spacial score (nSPS) is 12.7. The Morgan fingerprint density at radius 2 is 1.80 bits per heavy atom. The Kier molecular flexibility index (Phi) is 7.80. The highest BCUT2D eigenvalue weighted by molar-refractivity contribution is 6.32. The SMILES string of the molecule is CC(=O)Cc1nccc(Oc2ccc(NC(=O)c3cn(CC4CC4)c(=O)n(-c4ccc(F)cc4)c3=O)cc2F)c1Cl. The fourth-order valence-electron chi connectivity index (χ4n) is 4.17. The van der Waals surface area contributed by atoms with Crippen molar-refractivity contribution in [1.29, 1.82) is 0 Å². The zero-order valence-corrected chi connectivity index (χ0v) is 22.5. The van der Waals surface area contributed by atoms with Crippen molar-refractivity contribution >= 4 is 29.0 Å². The molecule has 1 aliphatic carbocycles. The van der Waals surface area contributed by atoms with Gasteiger partial charge in [-0.2, -0.15) is 0 Å². The van der Waals surface area contributed by atoms with Crippen molar-refractivity contribution in [2.24, 2.45) is 5.92 Å². The average Bonchev–Trinajstić information content (AvgIpc) is 3.74. The van der Waals surface area contributed by atoms with Gasteiger partial charge in [-0.1, -0.05) is 11.6 Å². The highest BCUT2D eigenvalue weighted by Gasteiger charge is 2.25. The standard InChI is InChI=1S/C29H23ClF2N4O5/c1-16(37)12-23-26(30)25(10-11-33-23)41-24-9-6-19(13-22(24)32)34-27(38)21-15-35(14-17-2-3-17)29(40)36(28(21)39)20-7-4-18(31)5-8-20/h4-11,13,15,17H,2-3,12,14H2,1H3,(H,34,38). The number of benzene rings is 2. The molecule has 0 radical (unpaired) electrons. The van der Waals surface area contributed by atoms with Gasteiger partial charge in [0.25, 0.3) is 11.5 Å². The summed E-state index contributed by atoms with van der Waals surface area (Å²) in [4.78, 5) is 55.1. The molecule has 41 heavy (non-hydrogen) atoms. The van der Waals surface area contributed by atoms with Crippen LogP contribution in [0, 0.1) is 17.6 Å². The summed E-state index contributed by atoms with van der Waals surface area (Å²) >= 11 is 6.27. The second-order valence-electron chi connectivity index (χ2n) is 9.69. The third-order valence-corrected chi connectivity index (χ3v) is 6.79. The Balaban J connectivity index is 1.42. The van der Waals surface area contributed by atoms with Gasteiger partial charge in [-0.15, -0.1) is 0 Å². The minimum atomic E-state index is -0.903. The largest absolute Gasteiger partial charge is 0.453 e. The summed E-state index contributed by atoms with van der Waals surface area (Å²) in [6.45, 7) is 1.70. The lowest BCUT2D eigenvalue weighted by molar-refractivity contribution is -0.116. The lowest BCUT2D eigenvalue weighted by Gasteiger charge is -2.14. The van der Waals surface area contributed by atoms with Crippen LogP contribution in [0.5, 0.6) is 11.5 Å². The topological polar surface area (TPSA) is 112 Å². The van der Waals surface area contributed by atoms with Crippen molar-refractivity contribution in [2.45, 2.75) is 32.7 Å². The van der Waals surface area contributed by atoms with Crippen LogP contribution >= 0.6 is 11.6 Å². The highest BCUT2D eigenvalue weighted by atomic mass is 35.5. The van der Waals surface area contributed by atoms with Crippen molar-refractivity contribution in [2.75, 3.05) is 5.32 Å². The zero-order chi connectivity index (χ0) is 29.3. The number of pyridine rings is 1. The quantitative estimate of drug-likeness (QED) is 0.301. The van der Waals surface area contributed by atoms with Crippen molar-refractivity contribution < 1.29 is 23.1 Å². The number of Topliss-reactive ketones (excluding diaryl/α,β-unsaturated/α-hetero) is 1. The molecule has 1 amide bonds. The predicted octanol–water partition coefficient (Wildman–Crippen LogP) is 4.91. The maximum Gasteiger partial charge on any atom is 0.335 e. The number of nitrogens with one attached hydrogen (secondary N) is 1. The van der Waals surface area contributed by atoms with Gasteiger partial charge in [0.2, 0.25) is 0 Å². The molecule has 210 valence electrons. The first-order valence-corrected chi connectivity index (χ1v) is 13.0. The molecular formula is C29H23ClF2N4O5. The summed E-state index contributed by atoms with van der Waals surface area (Å²) in [6.07, 6.45) is 4.39. The Morgan fingerprint density at radius 1 is 1.07 bits per heavy atom. The van der Waals surface area contributed by atoms with Gasteiger partial charge in [-0.3, -0.25) is 23.9 Å². The van der Waals surface area contributed by atoms with Gasteiger partial charge in [0.1, 0.15) is 27.9 Å². The van der Waals surface area contributed by atoms with Crippen LogP contribution in [0.25, 0.3) is 5.69 Å². The lowest BCUT2D eigenvalue weighted by atomic mass is 10.2. The number of carbonyl (C=O) groups excluding carboxylic acids is 2. The third-order valence-electron chi connectivity index (χ3n) is 6.39. The smallest absolute Gasteiger partial charge is 0.335 e. The fraction of sp³-hybridized carbons (Fsp3) is 0.207. The van der Waals surface area contributed by atoms with E-state index in [1.165, 1.54) is 54.2 Å². The van der Waals surface area contributed by atoms with Gasteiger partial charge in [0.15, 0.2) is 11.6 Å². The number of anilines is 1. The summed E-state index contributed by atoms with van der Waals surface area (Å²) in [6, 6.07) is 9.80. The number of halogens is 3. The summed E-state index contributed by atoms with van der Waals surface area (Å²) in [5.74, 6) is -2.28. The molecule has 9 nitrogen and oxygen atoms in total. The Labute approximate surface area is 237 Å². The van der Waals surface area contributed by atoms with E-state index >= 15 is 0 Å². The molecule has 0 bridgehead atoms. The maximum atomic E-state index is 15.0. The first-order chi connectivity index (χ1) is 19.6. The van der Waals surface area contributed by atoms with Crippen LogP contribution in [0.15, 0.2) is 70.5 Å². The van der Waals surface area contributed by atoms with Crippen LogP contribution in [0.4, 0.5) is 14.5 Å². The minimum absolute atomic E-state index is 0.0136. The van der Waals surface area contributed by atoms with Crippen LogP contribution in [0.3, 0.4) is 0 Å². The molecule has 0 saturated heterocycles. The van der Waals surface area contributed by atoms with E-state index in [1.807, 2.05) is 0 Å². The second-order valence-corrected chi connectivity index (χ2v) is 10.1. The highest BCUT2D eigenvalue weighted by Crippen LogP contribution is 2.33. The first kappa shape index (κ1) is 27.9. The molecule has 0 atom stereocenters. The Hall–Kier alpha value is -4.64. The second kappa shape index (κ2) is 11.5. The molecule has 1 fully saturated rings. The Bertz CT molecular complexity index is 1780. The Morgan fingerprint density at radius 3 is 2.46 bits per heavy atom. The molecule has 1 aliphatic rings. The van der Waals surface area contributed by atoms with E-state index in [0.29, 0.717) is 6.54 Å². The summed E-state index contributed by atoms with van der Waals surface area (Å²) in [5.41, 5.74) is -1.49. The number of ketones is 1. The number of rotatable bonds is 9. The van der Waals surface area contributed by atoms with Gasteiger partial charge < -0.3 is 10.1 Å². The molecule has 2 heterocycles. The monoisotopic (exact) mass is 580 g/mol. The molecule has 2 aromatic heterocycles. The van der Waals surface area contributed by atoms with E-state index in [4.69, 9.17) is 16.3 Å². The van der Waals surface area contributed by atoms with Crippen LogP contribution in [-0.4, -0.2) is 25.8 Å². The van der Waals surface area contributed by atoms with E-state index in [9.17, 15) is 28.0 Å². The summed E-state index contributed by atoms with van der Waals surface area (Å²) in [5, 5.41) is 2.55. The first-order valence-electron chi connectivity index (χ1n) is 12.6. The van der Waals surface area contributed by atoms with Crippen molar-refractivity contribution in [3.8, 4) is 17.2 Å². The molecule has 0 spiro atoms. The molecule has 12 heteroatoms. The number of amides is 1. The van der Waals surface area contributed by atoms with Gasteiger partial charge in [-0.05, 0) is 62.1 Å². The van der Waals surface area contributed by atoms with E-state index in [0.717, 1.165) is 35.6 Å². The number of aromatic nitrogens is 3. The minimum Gasteiger partial charge on any atom is -0.453 e. The van der Waals surface area contributed by atoms with Gasteiger partial charge in [0, 0.05) is 36.8 Å². The lowest BCUT2D eigenvalue weighted by Crippen LogP contribution is -2.42. The fourth-order valence-corrected chi connectivity index (χ4v) is 4.39. The van der Waals surface area contributed by atoms with Crippen LogP contribution < -0.4 is 21.3 Å². The van der Waals surface area contributed by atoms with E-state index in [2.05, 4.69) is 10.3 Å². The number of hydrogen-bond acceptors (Lipinski definition) is 6. The molecule has 0 unspecified atom stereocenters. The van der Waals surface area contributed by atoms with Crippen molar-refractivity contribution in [3.05, 3.63) is 110 Å². The number of nitrogens with zero attached hydrogens (tertiary/aromatic N) is 3. The summed E-state index contributed by atoms with van der Waals surface area (Å²) < 4.78 is 36.1. The summed E-state index contributed by atoms with van der Waals surface area (Å²) in [7, 11) is 0. The zero-order valence-electron chi connectivity index (χ0n) is 21.7. The van der Waals surface area contributed by atoms with E-state index in [-0.39, 0.29) is 57.3 Å². The van der Waals surface area contributed by atoms with E-state index in [1.54, 1.807) is 0 Å². The van der Waals surface area contributed by atoms with Gasteiger partial charge in [0.05, 0.1) is 17.8 Å². The van der Waals surface area contributed by atoms with Crippen LogP contribution in [0.1, 0.15) is 35.8 Å². The molecule has 0 aliphatic heterocycles. The molecule has 4 aromatic rings. The molecule has 1 saturated carbocycles. The van der Waals surface area contributed by atoms with Crippen molar-refractivity contribution in [1.82, 2.24) is 14.1 Å². The average molecular weight is 581 g/mol. The van der Waals surface area contributed by atoms with Gasteiger partial charge >= 0.3 is 5.69 Å². The van der Waals surface area contributed by atoms with Gasteiger partial charge in [-0.25, -0.2) is 18.1 Å². The van der Waals surface area contributed by atoms with Crippen molar-refractivity contribution in [3.63, 3.8) is 0 Å². The van der Waals surface area contributed by atoms with Crippen LogP contribution in [-0.2, 0) is 17.8 Å². The molecular weight excluding hydrogens is 558 g/mol. The molecule has 5 rings (SSSR count). The van der Waals surface area contributed by atoms with Crippen LogP contribution in [0.2, 0.25) is 5.02 Å². The maximum absolute atomic E-state index is 15.0. The van der Waals surface area contributed by atoms with E-state index < -0.39 is 28.8 Å². The predicted molar refractivity (Wildman–Crippen MR) is 147 cm³/mol. The number of hydrogen-bond donors (Lipinski definition) is 1.